The van der Waals surface area contributed by atoms with Crippen LogP contribution in [-0.2, 0) is 11.2 Å². The van der Waals surface area contributed by atoms with Gasteiger partial charge in [-0.3, -0.25) is 4.79 Å². The minimum atomic E-state index is 0.259. The number of nitrogens with zero attached hydrogens (tertiary/aromatic N) is 1. The lowest BCUT2D eigenvalue weighted by atomic mass is 10.0. The number of methoxy groups -OCH3 is 1. The molecule has 1 saturated heterocycles. The van der Waals surface area contributed by atoms with Crippen LogP contribution in [0, 0.1) is 0 Å². The first kappa shape index (κ1) is 19.2. The highest BCUT2D eigenvalue weighted by Gasteiger charge is 2.27. The van der Waals surface area contributed by atoms with Crippen molar-refractivity contribution < 1.29 is 9.53 Å². The molecule has 0 saturated carbocycles. The lowest BCUT2D eigenvalue weighted by Crippen LogP contribution is -2.45. The third-order valence-corrected chi connectivity index (χ3v) is 5.86. The summed E-state index contributed by atoms with van der Waals surface area (Å²) >= 11 is 1.97. The summed E-state index contributed by atoms with van der Waals surface area (Å²) < 4.78 is 5.44. The van der Waals surface area contributed by atoms with Crippen LogP contribution in [0.25, 0.3) is 0 Å². The van der Waals surface area contributed by atoms with Gasteiger partial charge >= 0.3 is 0 Å². The number of rotatable bonds is 6. The number of aryl methyl sites for hydroxylation is 1. The first-order valence-corrected chi connectivity index (χ1v) is 9.94. The van der Waals surface area contributed by atoms with Gasteiger partial charge in [0, 0.05) is 29.5 Å². The summed E-state index contributed by atoms with van der Waals surface area (Å²) in [4.78, 5) is 14.9. The number of likely N-dealkylation sites (tertiary alicyclic amines) is 1. The molecule has 0 bridgehead atoms. The molecular formula is C20H31NO2S. The number of carbonyl (C=O) groups is 1. The molecule has 2 rings (SSSR count). The van der Waals surface area contributed by atoms with Crippen molar-refractivity contribution >= 4 is 17.7 Å². The maximum atomic E-state index is 12.7. The molecular weight excluding hydrogens is 318 g/mol. The Balaban J connectivity index is 1.88. The van der Waals surface area contributed by atoms with E-state index < -0.39 is 0 Å². The zero-order valence-corrected chi connectivity index (χ0v) is 16.3. The molecule has 0 aromatic heterocycles. The third-order valence-electron chi connectivity index (χ3n) is 4.44. The van der Waals surface area contributed by atoms with Crippen molar-refractivity contribution in [3.63, 3.8) is 0 Å². The van der Waals surface area contributed by atoms with Crippen LogP contribution in [0.15, 0.2) is 24.3 Å². The second-order valence-electron chi connectivity index (χ2n) is 7.51. The van der Waals surface area contributed by atoms with E-state index in [0.29, 0.717) is 18.4 Å². The van der Waals surface area contributed by atoms with E-state index in [2.05, 4.69) is 37.8 Å². The van der Waals surface area contributed by atoms with Crippen LogP contribution in [0.5, 0.6) is 5.75 Å². The Morgan fingerprint density at radius 3 is 2.58 bits per heavy atom. The smallest absolute Gasteiger partial charge is 0.223 e. The van der Waals surface area contributed by atoms with Crippen LogP contribution in [0.4, 0.5) is 0 Å². The van der Waals surface area contributed by atoms with Crippen LogP contribution in [0.1, 0.15) is 52.0 Å². The SMILES string of the molecule is COc1ccc(CCC(=O)N2CCCC[C@H]2CSC(C)(C)C)cc1. The first-order valence-electron chi connectivity index (χ1n) is 8.95. The summed E-state index contributed by atoms with van der Waals surface area (Å²) in [6, 6.07) is 8.43. The molecule has 0 N–H and O–H groups in total. The molecule has 4 heteroatoms. The number of hydrogen-bond donors (Lipinski definition) is 0. The summed E-state index contributed by atoms with van der Waals surface area (Å²) in [5, 5.41) is 0. The second-order valence-corrected chi connectivity index (χ2v) is 9.35. The van der Waals surface area contributed by atoms with Crippen LogP contribution in [-0.4, -0.2) is 41.0 Å². The van der Waals surface area contributed by atoms with Gasteiger partial charge in [0.25, 0.3) is 0 Å². The minimum Gasteiger partial charge on any atom is -0.497 e. The molecule has 1 amide bonds. The summed E-state index contributed by atoms with van der Waals surface area (Å²) in [5.41, 5.74) is 1.20. The number of ether oxygens (including phenoxy) is 1. The van der Waals surface area contributed by atoms with E-state index >= 15 is 0 Å². The predicted octanol–water partition coefficient (Wildman–Crippen LogP) is 4.54. The summed E-state index contributed by atoms with van der Waals surface area (Å²) in [5.74, 6) is 2.23. The van der Waals surface area contributed by atoms with Crippen molar-refractivity contribution in [1.82, 2.24) is 4.90 Å². The first-order chi connectivity index (χ1) is 11.4. The second kappa shape index (κ2) is 8.80. The third kappa shape index (κ3) is 6.04. The zero-order chi connectivity index (χ0) is 17.6. The zero-order valence-electron chi connectivity index (χ0n) is 15.5. The van der Waals surface area contributed by atoms with Gasteiger partial charge in [-0.15, -0.1) is 0 Å². The molecule has 1 atom stereocenters. The number of hydrogen-bond acceptors (Lipinski definition) is 3. The van der Waals surface area contributed by atoms with Gasteiger partial charge in [-0.2, -0.15) is 11.8 Å². The largest absolute Gasteiger partial charge is 0.497 e. The predicted molar refractivity (Wildman–Crippen MR) is 103 cm³/mol. The average Bonchev–Trinajstić information content (AvgIpc) is 2.58. The monoisotopic (exact) mass is 349 g/mol. The number of piperidine rings is 1. The highest BCUT2D eigenvalue weighted by molar-refractivity contribution is 8.00. The number of thioether (sulfide) groups is 1. The van der Waals surface area contributed by atoms with Crippen molar-refractivity contribution in [3.05, 3.63) is 29.8 Å². The molecule has 0 spiro atoms. The fourth-order valence-corrected chi connectivity index (χ4v) is 4.07. The normalized spacial score (nSPS) is 18.5. The molecule has 0 radical (unpaired) electrons. The van der Waals surface area contributed by atoms with E-state index in [0.717, 1.165) is 37.3 Å². The van der Waals surface area contributed by atoms with Crippen molar-refractivity contribution in [2.45, 2.75) is 63.7 Å². The Hall–Kier alpha value is -1.16. The van der Waals surface area contributed by atoms with E-state index in [-0.39, 0.29) is 4.75 Å². The Morgan fingerprint density at radius 1 is 1.25 bits per heavy atom. The van der Waals surface area contributed by atoms with E-state index in [4.69, 9.17) is 4.74 Å². The lowest BCUT2D eigenvalue weighted by molar-refractivity contribution is -0.134. The number of benzene rings is 1. The summed E-state index contributed by atoms with van der Waals surface area (Å²) in [6.45, 7) is 7.67. The Morgan fingerprint density at radius 2 is 1.96 bits per heavy atom. The molecule has 1 heterocycles. The van der Waals surface area contributed by atoms with Gasteiger partial charge in [0.15, 0.2) is 0 Å². The molecule has 1 fully saturated rings. The quantitative estimate of drug-likeness (QED) is 0.755. The number of amides is 1. The number of carbonyl (C=O) groups excluding carboxylic acids is 1. The highest BCUT2D eigenvalue weighted by atomic mass is 32.2. The van der Waals surface area contributed by atoms with Gasteiger partial charge in [-0.05, 0) is 43.4 Å². The van der Waals surface area contributed by atoms with E-state index in [9.17, 15) is 4.79 Å². The van der Waals surface area contributed by atoms with Gasteiger partial charge in [0.1, 0.15) is 5.75 Å². The van der Waals surface area contributed by atoms with Crippen molar-refractivity contribution in [1.29, 1.82) is 0 Å². The van der Waals surface area contributed by atoms with Crippen LogP contribution >= 0.6 is 11.8 Å². The van der Waals surface area contributed by atoms with Crippen LogP contribution < -0.4 is 4.74 Å². The maximum absolute atomic E-state index is 12.7. The van der Waals surface area contributed by atoms with Crippen LogP contribution in [0.3, 0.4) is 0 Å². The van der Waals surface area contributed by atoms with Crippen molar-refractivity contribution in [2.24, 2.45) is 0 Å². The Kier molecular flexibility index (Phi) is 7.02. The molecule has 134 valence electrons. The molecule has 0 aliphatic carbocycles. The van der Waals surface area contributed by atoms with Gasteiger partial charge in [0.05, 0.1) is 7.11 Å². The van der Waals surface area contributed by atoms with Gasteiger partial charge in [0.2, 0.25) is 5.91 Å². The highest BCUT2D eigenvalue weighted by Crippen LogP contribution is 2.29. The molecule has 1 aromatic rings. The standard InChI is InChI=1S/C20H31NO2S/c1-20(2,3)24-15-17-7-5-6-14-21(17)19(22)13-10-16-8-11-18(23-4)12-9-16/h8-9,11-12,17H,5-7,10,13-15H2,1-4H3/t17-/m0/s1. The summed E-state index contributed by atoms with van der Waals surface area (Å²) in [7, 11) is 1.67. The van der Waals surface area contributed by atoms with E-state index in [1.54, 1.807) is 7.11 Å². The minimum absolute atomic E-state index is 0.259. The lowest BCUT2D eigenvalue weighted by Gasteiger charge is -2.37. The maximum Gasteiger partial charge on any atom is 0.223 e. The molecule has 0 unspecified atom stereocenters. The summed E-state index contributed by atoms with van der Waals surface area (Å²) in [6.07, 6.45) is 4.95. The average molecular weight is 350 g/mol. The van der Waals surface area contributed by atoms with Crippen molar-refractivity contribution in [2.75, 3.05) is 19.4 Å². The van der Waals surface area contributed by atoms with E-state index in [1.807, 2.05) is 23.9 Å². The van der Waals surface area contributed by atoms with Crippen molar-refractivity contribution in [3.8, 4) is 5.75 Å². The topological polar surface area (TPSA) is 29.5 Å². The fraction of sp³-hybridized carbons (Fsp3) is 0.650. The van der Waals surface area contributed by atoms with Gasteiger partial charge in [-0.1, -0.05) is 32.9 Å². The molecule has 1 aromatic carbocycles. The fourth-order valence-electron chi connectivity index (χ4n) is 3.04. The van der Waals surface area contributed by atoms with Gasteiger partial charge < -0.3 is 9.64 Å². The molecule has 1 aliphatic rings. The Bertz CT molecular complexity index is 521. The molecule has 3 nitrogen and oxygen atoms in total. The van der Waals surface area contributed by atoms with Crippen LogP contribution in [0.2, 0.25) is 0 Å². The molecule has 1 aliphatic heterocycles. The van der Waals surface area contributed by atoms with Gasteiger partial charge in [-0.25, -0.2) is 0 Å². The van der Waals surface area contributed by atoms with E-state index in [1.165, 1.54) is 12.0 Å². The Labute approximate surface area is 151 Å². The molecule has 24 heavy (non-hydrogen) atoms.